The van der Waals surface area contributed by atoms with Crippen LogP contribution in [0, 0.1) is 0 Å². The lowest BCUT2D eigenvalue weighted by Gasteiger charge is -2.47. The van der Waals surface area contributed by atoms with E-state index in [9.17, 15) is 74.3 Å². The number of aliphatic hydroxyl groups excluding tert-OH is 6. The molecular weight excluding hydrogens is 789 g/mol. The van der Waals surface area contributed by atoms with Crippen LogP contribution in [0.1, 0.15) is 18.2 Å². The Balaban J connectivity index is 1.26. The second kappa shape index (κ2) is 17.3. The van der Waals surface area contributed by atoms with Crippen LogP contribution in [0.25, 0.3) is 11.0 Å². The molecule has 2 fully saturated rings. The predicted molar refractivity (Wildman–Crippen MR) is 187 cm³/mol. The standard InChI is InChI=1S/C32H40N5O19P/c33-20-3-4-37(31(50)35-20)29-27(47)26(46)19(55-29)11-53-57(51,52)12-32(30(48)49)8-16(40)24(28(56-32)25(45)17(41)10-38)36-22(43)9-34-21(42)5-13-6-23(44)54-18-7-14(39)1-2-15(13)18/h1-4,6-7,16-17,19,24-29,38-41,45-47H,5,8-12H2,(H,34,42)(H,36,43)(H,48,49)(H,51,52)(H2,33,35,50)/t16?,17-,19-,24?,25-,26+,27?,28?,29-,32?/m1/s1. The number of anilines is 1. The molecule has 0 aliphatic carbocycles. The number of rotatable bonds is 15. The van der Waals surface area contributed by atoms with Gasteiger partial charge in [0.2, 0.25) is 11.8 Å². The third kappa shape index (κ3) is 9.82. The van der Waals surface area contributed by atoms with Gasteiger partial charge in [-0.1, -0.05) is 0 Å². The van der Waals surface area contributed by atoms with Crippen molar-refractivity contribution >= 4 is 42.2 Å². The highest BCUT2D eigenvalue weighted by Gasteiger charge is 2.57. The number of carbonyl (C=O) groups is 3. The molecule has 0 radical (unpaired) electrons. The number of aromatic hydroxyl groups is 1. The van der Waals surface area contributed by atoms with Gasteiger partial charge < -0.3 is 80.5 Å². The van der Waals surface area contributed by atoms with Crippen molar-refractivity contribution in [2.24, 2.45) is 0 Å². The van der Waals surface area contributed by atoms with Crippen LogP contribution in [0.3, 0.4) is 0 Å². The average molecular weight is 830 g/mol. The van der Waals surface area contributed by atoms with Crippen molar-refractivity contribution in [2.75, 3.05) is 31.7 Å². The van der Waals surface area contributed by atoms with E-state index in [-0.39, 0.29) is 22.7 Å². The second-order valence-corrected chi connectivity index (χ2v) is 15.2. The number of phenolic OH excluding ortho intramolecular Hbond substituents is 1. The molecule has 57 heavy (non-hydrogen) atoms. The van der Waals surface area contributed by atoms with Crippen molar-refractivity contribution in [2.45, 2.75) is 73.4 Å². The molecule has 1 aromatic carbocycles. The highest BCUT2D eigenvalue weighted by molar-refractivity contribution is 7.53. The van der Waals surface area contributed by atoms with E-state index in [2.05, 4.69) is 15.6 Å². The number of amides is 2. The van der Waals surface area contributed by atoms with Gasteiger partial charge in [-0.25, -0.2) is 14.4 Å². The van der Waals surface area contributed by atoms with Gasteiger partial charge in [-0.3, -0.25) is 18.7 Å². The van der Waals surface area contributed by atoms with Crippen molar-refractivity contribution in [3.63, 3.8) is 0 Å². The van der Waals surface area contributed by atoms with Gasteiger partial charge in [-0.2, -0.15) is 4.98 Å². The molecule has 2 aliphatic heterocycles. The highest BCUT2D eigenvalue weighted by atomic mass is 31.2. The zero-order valence-corrected chi connectivity index (χ0v) is 30.3. The second-order valence-electron chi connectivity index (χ2n) is 13.4. The Bertz CT molecular complexity index is 2150. The zero-order chi connectivity index (χ0) is 42.0. The lowest BCUT2D eigenvalue weighted by molar-refractivity contribution is -0.224. The van der Waals surface area contributed by atoms with Gasteiger partial charge in [0, 0.05) is 30.1 Å². The fourth-order valence-corrected chi connectivity index (χ4v) is 7.91. The molecule has 312 valence electrons. The van der Waals surface area contributed by atoms with Gasteiger partial charge in [0.15, 0.2) is 11.8 Å². The van der Waals surface area contributed by atoms with Crippen LogP contribution in [0.15, 0.2) is 50.5 Å². The summed E-state index contributed by atoms with van der Waals surface area (Å²) < 4.78 is 35.2. The summed E-state index contributed by atoms with van der Waals surface area (Å²) in [7, 11) is -5.17. The number of aliphatic carboxylic acids is 1. The minimum atomic E-state index is -5.17. The summed E-state index contributed by atoms with van der Waals surface area (Å²) in [5.41, 5.74) is 0.984. The van der Waals surface area contributed by atoms with E-state index in [0.29, 0.717) is 5.39 Å². The van der Waals surface area contributed by atoms with E-state index >= 15 is 0 Å². The van der Waals surface area contributed by atoms with Crippen LogP contribution >= 0.6 is 7.60 Å². The molecule has 3 aromatic rings. The Morgan fingerprint density at radius 1 is 1.11 bits per heavy atom. The third-order valence-electron chi connectivity index (χ3n) is 9.27. The molecule has 0 saturated carbocycles. The van der Waals surface area contributed by atoms with Crippen LogP contribution in [-0.4, -0.2) is 153 Å². The number of nitrogens with two attached hydrogens (primary N) is 1. The van der Waals surface area contributed by atoms with Crippen LogP contribution in [0.4, 0.5) is 5.82 Å². The average Bonchev–Trinajstić information content (AvgIpc) is 3.41. The third-order valence-corrected chi connectivity index (χ3v) is 10.7. The van der Waals surface area contributed by atoms with Crippen molar-refractivity contribution in [1.29, 1.82) is 0 Å². The number of carboxylic acids is 1. The van der Waals surface area contributed by atoms with E-state index in [1.165, 1.54) is 18.2 Å². The van der Waals surface area contributed by atoms with E-state index in [4.69, 9.17) is 24.1 Å². The quantitative estimate of drug-likeness (QED) is 0.0504. The summed E-state index contributed by atoms with van der Waals surface area (Å²) in [4.78, 5) is 76.8. The molecule has 2 saturated heterocycles. The maximum absolute atomic E-state index is 13.3. The summed E-state index contributed by atoms with van der Waals surface area (Å²) in [6, 6.07) is 4.33. The number of nitrogens with one attached hydrogen (secondary N) is 2. The Morgan fingerprint density at radius 2 is 1.82 bits per heavy atom. The number of aromatic nitrogens is 2. The van der Waals surface area contributed by atoms with E-state index < -0.39 is 136 Å². The van der Waals surface area contributed by atoms with Crippen LogP contribution in [0.5, 0.6) is 5.75 Å². The summed E-state index contributed by atoms with van der Waals surface area (Å²) in [6.07, 6.45) is -16.9. The monoisotopic (exact) mass is 829 g/mol. The summed E-state index contributed by atoms with van der Waals surface area (Å²) >= 11 is 0. The maximum atomic E-state index is 13.3. The lowest BCUT2D eigenvalue weighted by Crippen LogP contribution is -2.68. The molecule has 11 atom stereocenters. The molecule has 25 heteroatoms. The number of hydrogen-bond acceptors (Lipinski definition) is 19. The molecule has 0 bridgehead atoms. The van der Waals surface area contributed by atoms with Gasteiger partial charge in [0.25, 0.3) is 0 Å². The molecular formula is C32H40N5O19P. The number of nitrogens with zero attached hydrogens (tertiary/aromatic N) is 2. The number of fused-ring (bicyclic) bond motifs is 1. The minimum absolute atomic E-state index is 0.00687. The number of ether oxygens (including phenoxy) is 2. The number of carboxylic acid groups (broad SMARTS) is 1. The van der Waals surface area contributed by atoms with E-state index in [0.717, 1.165) is 22.9 Å². The zero-order valence-electron chi connectivity index (χ0n) is 29.4. The van der Waals surface area contributed by atoms with Crippen LogP contribution in [-0.2, 0) is 39.4 Å². The van der Waals surface area contributed by atoms with Gasteiger partial charge in [0.05, 0.1) is 44.5 Å². The molecule has 2 amide bonds. The minimum Gasteiger partial charge on any atom is -0.508 e. The number of aliphatic hydroxyl groups is 6. The Morgan fingerprint density at radius 3 is 2.49 bits per heavy atom. The van der Waals surface area contributed by atoms with Gasteiger partial charge in [-0.15, -0.1) is 0 Å². The largest absolute Gasteiger partial charge is 0.508 e. The fourth-order valence-electron chi connectivity index (χ4n) is 6.45. The Hall–Kier alpha value is -4.85. The molecule has 5 rings (SSSR count). The van der Waals surface area contributed by atoms with E-state index in [1.807, 2.05) is 0 Å². The molecule has 6 unspecified atom stereocenters. The van der Waals surface area contributed by atoms with Crippen LogP contribution < -0.4 is 27.7 Å². The number of nitrogen functional groups attached to an aromatic ring is 1. The van der Waals surface area contributed by atoms with Gasteiger partial charge >= 0.3 is 24.9 Å². The first-order valence-corrected chi connectivity index (χ1v) is 18.7. The van der Waals surface area contributed by atoms with Crippen molar-refractivity contribution in [3.8, 4) is 5.75 Å². The lowest BCUT2D eigenvalue weighted by atomic mass is 9.84. The first kappa shape index (κ1) is 43.3. The molecule has 24 nitrogen and oxygen atoms in total. The number of hydrogen-bond donors (Lipinski definition) is 12. The first-order chi connectivity index (χ1) is 26.7. The highest BCUT2D eigenvalue weighted by Crippen LogP contribution is 2.49. The smallest absolute Gasteiger partial charge is 0.351 e. The van der Waals surface area contributed by atoms with Crippen molar-refractivity contribution in [1.82, 2.24) is 20.2 Å². The van der Waals surface area contributed by atoms with Crippen molar-refractivity contribution < 1.29 is 83.1 Å². The maximum Gasteiger partial charge on any atom is 0.351 e. The Kier molecular flexibility index (Phi) is 13.2. The molecule has 13 N–H and O–H groups in total. The Labute approximate surface area is 319 Å². The summed E-state index contributed by atoms with van der Waals surface area (Å²) in [6.45, 7) is -2.88. The molecule has 0 spiro atoms. The van der Waals surface area contributed by atoms with E-state index in [1.54, 1.807) is 0 Å². The number of carbonyl (C=O) groups excluding carboxylic acids is 2. The SMILES string of the molecule is Nc1ccn([C@@H]2O[C@H](COP(=O)(O)CC3(C(=O)O)CC(O)C(NC(=O)CNC(=O)Cc4cc(=O)oc5cc(O)ccc45)C([C@H](O)[C@H](O)CO)O3)[C@H](O)C2O)c(=O)n1. The summed E-state index contributed by atoms with van der Waals surface area (Å²) in [5.74, 6) is -4.14. The molecule has 2 aromatic heterocycles. The predicted octanol–water partition coefficient (Wildman–Crippen LogP) is -5.01. The topological polar surface area (TPSA) is 393 Å². The first-order valence-electron chi connectivity index (χ1n) is 16.9. The van der Waals surface area contributed by atoms with Crippen molar-refractivity contribution in [3.05, 3.63) is 63.0 Å². The molecule has 2 aliphatic rings. The van der Waals surface area contributed by atoms with Crippen LogP contribution in [0.2, 0.25) is 0 Å². The fraction of sp³-hybridized carbons (Fsp3) is 0.500. The molecule has 4 heterocycles. The normalized spacial score (nSPS) is 28.3. The van der Waals surface area contributed by atoms with Gasteiger partial charge in [-0.05, 0) is 23.8 Å². The summed E-state index contributed by atoms with van der Waals surface area (Å²) in [5, 5.41) is 87.4. The number of phenols is 1. The van der Waals surface area contributed by atoms with Gasteiger partial charge in [0.1, 0.15) is 53.8 Å². The number of benzene rings is 1.